The van der Waals surface area contributed by atoms with E-state index in [9.17, 15) is 4.79 Å². The Morgan fingerprint density at radius 3 is 1.55 bits per heavy atom. The molecule has 0 fully saturated rings. The van der Waals surface area contributed by atoms with Gasteiger partial charge in [-0.15, -0.1) is 0 Å². The highest BCUT2D eigenvalue weighted by Crippen LogP contribution is 2.06. The monoisotopic (exact) mass is 322 g/mol. The van der Waals surface area contributed by atoms with Crippen LogP contribution < -0.4 is 0 Å². The summed E-state index contributed by atoms with van der Waals surface area (Å²) in [4.78, 5) is 11.3. The van der Waals surface area contributed by atoms with E-state index in [1.807, 2.05) is 20.8 Å². The Kier molecular flexibility index (Phi) is 13.4. The molecule has 0 amide bonds. The predicted octanol–water partition coefficient (Wildman–Crippen LogP) is 1.04. The molecule has 7 nitrogen and oxygen atoms in total. The van der Waals surface area contributed by atoms with Crippen LogP contribution in [0.15, 0.2) is 0 Å². The lowest BCUT2D eigenvalue weighted by Gasteiger charge is -2.19. The normalized spacial score (nSPS) is 11.6. The highest BCUT2D eigenvalue weighted by Gasteiger charge is 2.15. The van der Waals surface area contributed by atoms with E-state index >= 15 is 0 Å². The summed E-state index contributed by atoms with van der Waals surface area (Å²) in [7, 11) is 1.63. The first-order valence-corrected chi connectivity index (χ1v) is 7.47. The molecule has 7 heteroatoms. The first-order valence-electron chi connectivity index (χ1n) is 7.47. The first-order chi connectivity index (χ1) is 10.5. The van der Waals surface area contributed by atoms with Gasteiger partial charge in [-0.2, -0.15) is 0 Å². The van der Waals surface area contributed by atoms with E-state index in [2.05, 4.69) is 0 Å². The zero-order valence-electron chi connectivity index (χ0n) is 14.2. The summed E-state index contributed by atoms with van der Waals surface area (Å²) in [6.45, 7) is 9.37. The van der Waals surface area contributed by atoms with Gasteiger partial charge in [0.05, 0.1) is 52.9 Å². The SMILES string of the molecule is COCCOCCOCCOCCOCC(=O)OC(C)(C)C. The number of methoxy groups -OCH3 is 1. The Morgan fingerprint density at radius 2 is 1.14 bits per heavy atom. The van der Waals surface area contributed by atoms with Crippen molar-refractivity contribution in [1.29, 1.82) is 0 Å². The van der Waals surface area contributed by atoms with Gasteiger partial charge in [0.15, 0.2) is 0 Å². The van der Waals surface area contributed by atoms with Gasteiger partial charge in [-0.3, -0.25) is 0 Å². The quantitative estimate of drug-likeness (QED) is 0.349. The van der Waals surface area contributed by atoms with Crippen LogP contribution in [-0.2, 0) is 33.2 Å². The van der Waals surface area contributed by atoms with Crippen molar-refractivity contribution >= 4 is 5.97 Å². The van der Waals surface area contributed by atoms with E-state index < -0.39 is 5.60 Å². The van der Waals surface area contributed by atoms with Crippen molar-refractivity contribution in [3.8, 4) is 0 Å². The van der Waals surface area contributed by atoms with Gasteiger partial charge in [0.1, 0.15) is 12.2 Å². The smallest absolute Gasteiger partial charge is 0.332 e. The average Bonchev–Trinajstić information content (AvgIpc) is 2.42. The fourth-order valence-electron chi connectivity index (χ4n) is 1.33. The summed E-state index contributed by atoms with van der Waals surface area (Å²) >= 11 is 0. The van der Waals surface area contributed by atoms with Crippen LogP contribution >= 0.6 is 0 Å². The van der Waals surface area contributed by atoms with Crippen LogP contribution in [0.2, 0.25) is 0 Å². The van der Waals surface area contributed by atoms with Gasteiger partial charge in [0, 0.05) is 7.11 Å². The molecule has 0 aromatic heterocycles. The summed E-state index contributed by atoms with van der Waals surface area (Å²) in [5.41, 5.74) is -0.485. The molecule has 0 aliphatic carbocycles. The fourth-order valence-corrected chi connectivity index (χ4v) is 1.33. The summed E-state index contributed by atoms with van der Waals surface area (Å²) < 4.78 is 30.9. The molecule has 0 saturated heterocycles. The minimum atomic E-state index is -0.485. The summed E-state index contributed by atoms with van der Waals surface area (Å²) in [5.74, 6) is -0.371. The lowest BCUT2D eigenvalue weighted by Crippen LogP contribution is -2.27. The van der Waals surface area contributed by atoms with E-state index in [1.165, 1.54) is 0 Å². The molecule has 0 unspecified atom stereocenters. The van der Waals surface area contributed by atoms with Gasteiger partial charge in [0.2, 0.25) is 0 Å². The zero-order chi connectivity index (χ0) is 16.7. The van der Waals surface area contributed by atoms with Crippen LogP contribution in [0.1, 0.15) is 20.8 Å². The molecular formula is C15H30O7. The van der Waals surface area contributed by atoms with E-state index in [-0.39, 0.29) is 12.6 Å². The molecule has 0 spiro atoms. The largest absolute Gasteiger partial charge is 0.458 e. The molecule has 0 rings (SSSR count). The maximum atomic E-state index is 11.3. The van der Waals surface area contributed by atoms with Crippen LogP contribution in [0.5, 0.6) is 0 Å². The van der Waals surface area contributed by atoms with E-state index in [1.54, 1.807) is 7.11 Å². The lowest BCUT2D eigenvalue weighted by atomic mass is 10.2. The maximum Gasteiger partial charge on any atom is 0.332 e. The van der Waals surface area contributed by atoms with Crippen molar-refractivity contribution in [2.45, 2.75) is 26.4 Å². The van der Waals surface area contributed by atoms with Crippen LogP contribution in [0.4, 0.5) is 0 Å². The topological polar surface area (TPSA) is 72.5 Å². The summed E-state index contributed by atoms with van der Waals surface area (Å²) in [6.07, 6.45) is 0. The molecule has 0 aromatic rings. The molecule has 0 saturated carbocycles. The number of carbonyl (C=O) groups is 1. The minimum Gasteiger partial charge on any atom is -0.458 e. The maximum absolute atomic E-state index is 11.3. The van der Waals surface area contributed by atoms with E-state index in [0.29, 0.717) is 52.9 Å². The molecule has 0 aliphatic heterocycles. The van der Waals surface area contributed by atoms with Gasteiger partial charge < -0.3 is 28.4 Å². The van der Waals surface area contributed by atoms with Gasteiger partial charge in [-0.25, -0.2) is 4.79 Å². The molecule has 0 bridgehead atoms. The molecule has 22 heavy (non-hydrogen) atoms. The molecule has 0 N–H and O–H groups in total. The third kappa shape index (κ3) is 17.3. The molecule has 0 radical (unpaired) electrons. The van der Waals surface area contributed by atoms with Crippen LogP contribution in [0.25, 0.3) is 0 Å². The lowest BCUT2D eigenvalue weighted by molar-refractivity contribution is -0.160. The number of ether oxygens (including phenoxy) is 6. The van der Waals surface area contributed by atoms with Crippen LogP contribution in [0.3, 0.4) is 0 Å². The molecule has 0 heterocycles. The average molecular weight is 322 g/mol. The van der Waals surface area contributed by atoms with Crippen LogP contribution in [-0.4, -0.2) is 78.1 Å². The predicted molar refractivity (Wildman–Crippen MR) is 81.0 cm³/mol. The second kappa shape index (κ2) is 13.9. The standard InChI is InChI=1S/C15H30O7/c1-15(2,3)22-14(16)13-21-12-11-20-10-9-19-8-7-18-6-5-17-4/h5-13H2,1-4H3. The number of hydrogen-bond donors (Lipinski definition) is 0. The highest BCUT2D eigenvalue weighted by molar-refractivity contribution is 5.71. The van der Waals surface area contributed by atoms with Crippen molar-refractivity contribution in [3.05, 3.63) is 0 Å². The van der Waals surface area contributed by atoms with Crippen molar-refractivity contribution in [2.75, 3.05) is 66.6 Å². The molecule has 0 atom stereocenters. The molecule has 132 valence electrons. The summed E-state index contributed by atoms with van der Waals surface area (Å²) in [6, 6.07) is 0. The minimum absolute atomic E-state index is 0.0596. The zero-order valence-corrected chi connectivity index (χ0v) is 14.2. The van der Waals surface area contributed by atoms with E-state index in [4.69, 9.17) is 28.4 Å². The Morgan fingerprint density at radius 1 is 0.727 bits per heavy atom. The van der Waals surface area contributed by atoms with Gasteiger partial charge in [-0.05, 0) is 20.8 Å². The van der Waals surface area contributed by atoms with Crippen LogP contribution in [0, 0.1) is 0 Å². The summed E-state index contributed by atoms with van der Waals surface area (Å²) in [5, 5.41) is 0. The molecule has 0 aliphatic rings. The Balaban J connectivity index is 3.16. The van der Waals surface area contributed by atoms with Gasteiger partial charge >= 0.3 is 5.97 Å². The number of hydrogen-bond acceptors (Lipinski definition) is 7. The Bertz CT molecular complexity index is 263. The van der Waals surface area contributed by atoms with E-state index in [0.717, 1.165) is 0 Å². The fraction of sp³-hybridized carbons (Fsp3) is 0.933. The number of rotatable bonds is 14. The third-order valence-electron chi connectivity index (χ3n) is 2.19. The molecule has 0 aromatic carbocycles. The van der Waals surface area contributed by atoms with Crippen molar-refractivity contribution < 1.29 is 33.2 Å². The molecular weight excluding hydrogens is 292 g/mol. The second-order valence-electron chi connectivity index (χ2n) is 5.47. The van der Waals surface area contributed by atoms with Gasteiger partial charge in [0.25, 0.3) is 0 Å². The van der Waals surface area contributed by atoms with Crippen molar-refractivity contribution in [3.63, 3.8) is 0 Å². The van der Waals surface area contributed by atoms with Crippen molar-refractivity contribution in [1.82, 2.24) is 0 Å². The van der Waals surface area contributed by atoms with Crippen molar-refractivity contribution in [2.24, 2.45) is 0 Å². The Hall–Kier alpha value is -0.730. The van der Waals surface area contributed by atoms with Gasteiger partial charge in [-0.1, -0.05) is 0 Å². The second-order valence-corrected chi connectivity index (χ2v) is 5.47. The Labute approximate surface area is 133 Å². The third-order valence-corrected chi connectivity index (χ3v) is 2.19. The highest BCUT2D eigenvalue weighted by atomic mass is 16.6. The number of esters is 1. The number of carbonyl (C=O) groups excluding carboxylic acids is 1. The first kappa shape index (κ1) is 21.3.